The summed E-state index contributed by atoms with van der Waals surface area (Å²) in [7, 11) is 0. The van der Waals surface area contributed by atoms with Crippen LogP contribution in [-0.4, -0.2) is 24.1 Å². The molecule has 2 aromatic carbocycles. The number of ether oxygens (including phenoxy) is 2. The number of hydrogen-bond donors (Lipinski definition) is 2. The molecule has 7 nitrogen and oxygen atoms in total. The number of aromatic amines is 1. The van der Waals surface area contributed by atoms with Crippen LogP contribution >= 0.6 is 0 Å². The molecule has 1 amide bonds. The highest BCUT2D eigenvalue weighted by Gasteiger charge is 2.30. The van der Waals surface area contributed by atoms with Gasteiger partial charge in [-0.2, -0.15) is 18.4 Å². The van der Waals surface area contributed by atoms with Crippen LogP contribution in [0.1, 0.15) is 23.7 Å². The van der Waals surface area contributed by atoms with Gasteiger partial charge in [0.15, 0.2) is 18.1 Å². The minimum atomic E-state index is -4.53. The van der Waals surface area contributed by atoms with Gasteiger partial charge in [0, 0.05) is 16.9 Å². The third-order valence-electron chi connectivity index (χ3n) is 4.67. The van der Waals surface area contributed by atoms with Gasteiger partial charge in [-0.25, -0.2) is 0 Å². The Kier molecular flexibility index (Phi) is 7.26. The van der Waals surface area contributed by atoms with Crippen LogP contribution in [0.25, 0.3) is 11.1 Å². The topological polar surface area (TPSA) is 104 Å². The van der Waals surface area contributed by atoms with Gasteiger partial charge in [-0.3, -0.25) is 9.59 Å². The molecule has 176 valence electrons. The van der Waals surface area contributed by atoms with Gasteiger partial charge < -0.3 is 19.8 Å². The van der Waals surface area contributed by atoms with Gasteiger partial charge in [0.05, 0.1) is 12.2 Å². The maximum atomic E-state index is 12.9. The summed E-state index contributed by atoms with van der Waals surface area (Å²) >= 11 is 0. The van der Waals surface area contributed by atoms with E-state index in [0.717, 1.165) is 12.1 Å². The third kappa shape index (κ3) is 5.75. The molecule has 0 aliphatic rings. The van der Waals surface area contributed by atoms with Crippen molar-refractivity contribution in [1.82, 2.24) is 4.98 Å². The second-order valence-corrected chi connectivity index (χ2v) is 7.19. The zero-order valence-electron chi connectivity index (χ0n) is 18.2. The van der Waals surface area contributed by atoms with Crippen molar-refractivity contribution in [3.05, 3.63) is 75.7 Å². The van der Waals surface area contributed by atoms with Crippen LogP contribution in [0, 0.1) is 18.3 Å². The molecule has 34 heavy (non-hydrogen) atoms. The van der Waals surface area contributed by atoms with E-state index < -0.39 is 29.8 Å². The number of hydrogen-bond acceptors (Lipinski definition) is 5. The Hall–Kier alpha value is -4.26. The van der Waals surface area contributed by atoms with E-state index in [1.807, 2.05) is 6.07 Å². The molecule has 2 N–H and O–H groups in total. The highest BCUT2D eigenvalue weighted by molar-refractivity contribution is 5.92. The van der Waals surface area contributed by atoms with Gasteiger partial charge in [0.2, 0.25) is 0 Å². The minimum absolute atomic E-state index is 0.0162. The summed E-state index contributed by atoms with van der Waals surface area (Å²) in [4.78, 5) is 26.9. The largest absolute Gasteiger partial charge is 0.490 e. The quantitative estimate of drug-likeness (QED) is 0.522. The number of carbonyl (C=O) groups excluding carboxylic acids is 1. The molecule has 10 heteroatoms. The second kappa shape index (κ2) is 10.1. The maximum Gasteiger partial charge on any atom is 0.416 e. The number of nitrogens with one attached hydrogen (secondary N) is 2. The fourth-order valence-electron chi connectivity index (χ4n) is 3.20. The normalized spacial score (nSPS) is 10.9. The van der Waals surface area contributed by atoms with Crippen molar-refractivity contribution in [3.8, 4) is 28.7 Å². The summed E-state index contributed by atoms with van der Waals surface area (Å²) in [5, 5.41) is 11.7. The summed E-state index contributed by atoms with van der Waals surface area (Å²) in [6.45, 7) is 3.23. The Morgan fingerprint density at radius 2 is 1.88 bits per heavy atom. The van der Waals surface area contributed by atoms with Crippen molar-refractivity contribution >= 4 is 11.6 Å². The van der Waals surface area contributed by atoms with E-state index >= 15 is 0 Å². The lowest BCUT2D eigenvalue weighted by Crippen LogP contribution is -2.20. The van der Waals surface area contributed by atoms with Crippen LogP contribution in [0.2, 0.25) is 0 Å². The van der Waals surface area contributed by atoms with Crippen LogP contribution in [0.5, 0.6) is 11.5 Å². The fourth-order valence-corrected chi connectivity index (χ4v) is 3.20. The first-order valence-corrected chi connectivity index (χ1v) is 10.1. The standard InChI is InChI=1S/C24H20F3N3O4/c1-3-33-21-10-15(18-9-14(2)29-23(32)19(18)12-28)7-8-20(21)34-13-22(31)30-17-6-4-5-16(11-17)24(25,26)27/h4-11H,3,13H2,1-2H3,(H,29,32)(H,30,31). The SMILES string of the molecule is CCOc1cc(-c2cc(C)[nH]c(=O)c2C#N)ccc1OCC(=O)Nc1cccc(C(F)(F)F)c1. The molecular weight excluding hydrogens is 451 g/mol. The molecule has 0 spiro atoms. The number of amides is 1. The molecule has 3 aromatic rings. The number of halogens is 3. The zero-order chi connectivity index (χ0) is 24.9. The third-order valence-corrected chi connectivity index (χ3v) is 4.67. The van der Waals surface area contributed by atoms with Gasteiger partial charge in [0.1, 0.15) is 11.6 Å². The lowest BCUT2D eigenvalue weighted by atomic mass is 10.0. The van der Waals surface area contributed by atoms with Crippen molar-refractivity contribution in [1.29, 1.82) is 5.26 Å². The minimum Gasteiger partial charge on any atom is -0.490 e. The number of H-pyrrole nitrogens is 1. The van der Waals surface area contributed by atoms with Crippen molar-refractivity contribution in [2.24, 2.45) is 0 Å². The maximum absolute atomic E-state index is 12.9. The van der Waals surface area contributed by atoms with Crippen LogP contribution in [0.4, 0.5) is 18.9 Å². The number of rotatable bonds is 7. The number of alkyl halides is 3. The van der Waals surface area contributed by atoms with Crippen LogP contribution in [-0.2, 0) is 11.0 Å². The molecule has 0 saturated carbocycles. The number of pyridine rings is 1. The van der Waals surface area contributed by atoms with Gasteiger partial charge in [-0.1, -0.05) is 12.1 Å². The average molecular weight is 471 g/mol. The Labute approximate surface area is 192 Å². The molecule has 0 bridgehead atoms. The van der Waals surface area contributed by atoms with Crippen LogP contribution < -0.4 is 20.3 Å². The number of carbonyl (C=O) groups is 1. The van der Waals surface area contributed by atoms with E-state index in [9.17, 15) is 28.0 Å². The first kappa shape index (κ1) is 24.4. The molecular formula is C24H20F3N3O4. The zero-order valence-corrected chi connectivity index (χ0v) is 18.2. The van der Waals surface area contributed by atoms with Crippen molar-refractivity contribution in [2.75, 3.05) is 18.5 Å². The Morgan fingerprint density at radius 3 is 2.56 bits per heavy atom. The predicted molar refractivity (Wildman–Crippen MR) is 119 cm³/mol. The molecule has 0 fully saturated rings. The number of anilines is 1. The highest BCUT2D eigenvalue weighted by Crippen LogP contribution is 2.34. The van der Waals surface area contributed by atoms with Crippen LogP contribution in [0.3, 0.4) is 0 Å². The molecule has 0 aliphatic carbocycles. The molecule has 1 aromatic heterocycles. The smallest absolute Gasteiger partial charge is 0.416 e. The Balaban J connectivity index is 1.79. The van der Waals surface area contributed by atoms with Crippen molar-refractivity contribution in [2.45, 2.75) is 20.0 Å². The van der Waals surface area contributed by atoms with E-state index in [-0.39, 0.29) is 29.4 Å². The molecule has 3 rings (SSSR count). The Morgan fingerprint density at radius 1 is 1.12 bits per heavy atom. The van der Waals surface area contributed by atoms with E-state index in [0.29, 0.717) is 16.8 Å². The Bertz CT molecular complexity index is 1310. The van der Waals surface area contributed by atoms with Gasteiger partial charge in [0.25, 0.3) is 11.5 Å². The van der Waals surface area contributed by atoms with Gasteiger partial charge in [-0.05, 0) is 55.8 Å². The van der Waals surface area contributed by atoms with Gasteiger partial charge >= 0.3 is 6.18 Å². The molecule has 0 saturated heterocycles. The molecule has 0 atom stereocenters. The van der Waals surface area contributed by atoms with E-state index in [1.165, 1.54) is 18.2 Å². The van der Waals surface area contributed by atoms with Crippen LogP contribution in [0.15, 0.2) is 53.3 Å². The monoisotopic (exact) mass is 471 g/mol. The first-order valence-electron chi connectivity index (χ1n) is 10.1. The number of nitrogens with zero attached hydrogens (tertiary/aromatic N) is 1. The highest BCUT2D eigenvalue weighted by atomic mass is 19.4. The second-order valence-electron chi connectivity index (χ2n) is 7.19. The molecule has 0 aliphatic heterocycles. The first-order chi connectivity index (χ1) is 16.1. The summed E-state index contributed by atoms with van der Waals surface area (Å²) in [6.07, 6.45) is -4.53. The van der Waals surface area contributed by atoms with E-state index in [1.54, 1.807) is 32.0 Å². The lowest BCUT2D eigenvalue weighted by molar-refractivity contribution is -0.137. The number of nitriles is 1. The number of aromatic nitrogens is 1. The average Bonchev–Trinajstić information content (AvgIpc) is 2.77. The summed E-state index contributed by atoms with van der Waals surface area (Å²) in [6, 6.07) is 12.5. The summed E-state index contributed by atoms with van der Waals surface area (Å²) in [5.74, 6) is -0.179. The number of aryl methyl sites for hydroxylation is 1. The molecule has 1 heterocycles. The molecule has 0 radical (unpaired) electrons. The van der Waals surface area contributed by atoms with Gasteiger partial charge in [-0.15, -0.1) is 0 Å². The predicted octanol–water partition coefficient (Wildman–Crippen LogP) is 4.66. The summed E-state index contributed by atoms with van der Waals surface area (Å²) in [5.41, 5.74) is 0.0611. The summed E-state index contributed by atoms with van der Waals surface area (Å²) < 4.78 is 49.7. The lowest BCUT2D eigenvalue weighted by Gasteiger charge is -2.14. The van der Waals surface area contributed by atoms with Crippen molar-refractivity contribution in [3.63, 3.8) is 0 Å². The van der Waals surface area contributed by atoms with E-state index in [4.69, 9.17) is 9.47 Å². The number of benzene rings is 2. The van der Waals surface area contributed by atoms with E-state index in [2.05, 4.69) is 10.3 Å². The molecule has 0 unspecified atom stereocenters. The fraction of sp³-hybridized carbons (Fsp3) is 0.208. The van der Waals surface area contributed by atoms with Crippen molar-refractivity contribution < 1.29 is 27.4 Å².